The summed E-state index contributed by atoms with van der Waals surface area (Å²) in [4.78, 5) is 21.9. The molecule has 0 saturated carbocycles. The van der Waals surface area contributed by atoms with Gasteiger partial charge in [-0.05, 0) is 50.6 Å². The summed E-state index contributed by atoms with van der Waals surface area (Å²) >= 11 is 1.54. The van der Waals surface area contributed by atoms with E-state index in [0.29, 0.717) is 61.7 Å². The number of aromatic nitrogens is 3. The number of alkyl halides is 1. The van der Waals surface area contributed by atoms with E-state index < -0.39 is 6.17 Å². The van der Waals surface area contributed by atoms with Crippen LogP contribution < -0.4 is 20.3 Å². The second-order valence-corrected chi connectivity index (χ2v) is 13.0. The smallest absolute Gasteiger partial charge is 0.323 e. The van der Waals surface area contributed by atoms with Crippen LogP contribution in [0.15, 0.2) is 0 Å². The highest BCUT2D eigenvalue weighted by Crippen LogP contribution is 2.52. The summed E-state index contributed by atoms with van der Waals surface area (Å²) in [6.07, 6.45) is 5.31. The van der Waals surface area contributed by atoms with Gasteiger partial charge in [-0.1, -0.05) is 0 Å². The van der Waals surface area contributed by atoms with E-state index in [1.807, 2.05) is 0 Å². The van der Waals surface area contributed by atoms with Crippen molar-refractivity contribution in [1.29, 1.82) is 10.5 Å². The number of nitrogens with zero attached hydrogens (tertiary/aromatic N) is 8. The van der Waals surface area contributed by atoms with Crippen molar-refractivity contribution in [2.75, 3.05) is 61.4 Å². The van der Waals surface area contributed by atoms with Crippen molar-refractivity contribution < 1.29 is 9.13 Å². The standard InChI is InChI=1S/C27H32FN9OS/c28-18-9-27(5-2-8-37(27)13-18)16-38-25-33-23(35-7-1-3-17(10-29)12-35)32-24(34-25)36-14-26(15-36)6-4-20-21(26)19(11-30)22(31)39-20/h17-18H,1-9,12-16,31H2/t17?,18-,27+/m1/s1. The predicted molar refractivity (Wildman–Crippen MR) is 145 cm³/mol. The first-order chi connectivity index (χ1) is 18.9. The molecule has 0 bridgehead atoms. The minimum absolute atomic E-state index is 0.0631. The molecule has 5 aliphatic rings. The Balaban J connectivity index is 1.16. The highest BCUT2D eigenvalue weighted by molar-refractivity contribution is 7.16. The van der Waals surface area contributed by atoms with Crippen LogP contribution in [-0.4, -0.2) is 77.4 Å². The molecule has 2 N–H and O–H groups in total. The topological polar surface area (TPSA) is 131 Å². The zero-order valence-corrected chi connectivity index (χ0v) is 22.7. The molecule has 12 heteroatoms. The first-order valence-corrected chi connectivity index (χ1v) is 14.7. The molecule has 204 valence electrons. The van der Waals surface area contributed by atoms with Gasteiger partial charge in [0.25, 0.3) is 0 Å². The minimum Gasteiger partial charge on any atom is -0.461 e. The second kappa shape index (κ2) is 9.17. The number of fused-ring (bicyclic) bond motifs is 3. The van der Waals surface area contributed by atoms with Crippen molar-refractivity contribution in [1.82, 2.24) is 19.9 Å². The summed E-state index contributed by atoms with van der Waals surface area (Å²) in [7, 11) is 0. The number of nitrogens with two attached hydrogens (primary N) is 1. The quantitative estimate of drug-likeness (QED) is 0.594. The lowest BCUT2D eigenvalue weighted by Crippen LogP contribution is -2.59. The number of nitrogen functional groups attached to an aromatic ring is 1. The zero-order chi connectivity index (χ0) is 26.8. The Morgan fingerprint density at radius 3 is 2.69 bits per heavy atom. The molecule has 0 amide bonds. The molecule has 10 nitrogen and oxygen atoms in total. The van der Waals surface area contributed by atoms with Gasteiger partial charge < -0.3 is 20.3 Å². The molecule has 7 rings (SSSR count). The van der Waals surface area contributed by atoms with E-state index in [1.54, 1.807) is 11.3 Å². The summed E-state index contributed by atoms with van der Waals surface area (Å²) in [5.41, 5.74) is 7.50. The molecule has 1 aliphatic carbocycles. The Morgan fingerprint density at radius 1 is 1.08 bits per heavy atom. The van der Waals surface area contributed by atoms with E-state index in [4.69, 9.17) is 20.4 Å². The molecule has 3 atom stereocenters. The summed E-state index contributed by atoms with van der Waals surface area (Å²) < 4.78 is 20.6. The van der Waals surface area contributed by atoms with Crippen LogP contribution >= 0.6 is 11.3 Å². The zero-order valence-electron chi connectivity index (χ0n) is 21.9. The van der Waals surface area contributed by atoms with Crippen molar-refractivity contribution >= 4 is 28.2 Å². The van der Waals surface area contributed by atoms with Crippen LogP contribution in [0.4, 0.5) is 21.3 Å². The predicted octanol–water partition coefficient (Wildman–Crippen LogP) is 2.79. The molecule has 2 aromatic heterocycles. The minimum atomic E-state index is -0.826. The van der Waals surface area contributed by atoms with Gasteiger partial charge in [0.15, 0.2) is 0 Å². The SMILES string of the molecule is N#Cc1c(N)sc2c1C1(CC2)CN(c2nc(OC[C@@]34CCCN3C[C@H](F)C4)nc(N3CCCC(C#N)C3)n2)C1. The molecular weight excluding hydrogens is 517 g/mol. The van der Waals surface area contributed by atoms with E-state index in [9.17, 15) is 14.9 Å². The average Bonchev–Trinajstić information content (AvgIpc) is 3.64. The maximum absolute atomic E-state index is 14.3. The summed E-state index contributed by atoms with van der Waals surface area (Å²) in [6, 6.07) is 4.98. The van der Waals surface area contributed by atoms with Crippen LogP contribution in [0.2, 0.25) is 0 Å². The Morgan fingerprint density at radius 2 is 1.90 bits per heavy atom. The van der Waals surface area contributed by atoms with E-state index in [-0.39, 0.29) is 22.9 Å². The number of hydrogen-bond acceptors (Lipinski definition) is 11. The third-order valence-corrected chi connectivity index (χ3v) is 10.5. The number of nitriles is 2. The van der Waals surface area contributed by atoms with Crippen LogP contribution in [0.25, 0.3) is 0 Å². The average molecular weight is 550 g/mol. The number of ether oxygens (including phenoxy) is 1. The van der Waals surface area contributed by atoms with Gasteiger partial charge in [0.05, 0.1) is 23.1 Å². The van der Waals surface area contributed by atoms with Crippen molar-refractivity contribution in [3.8, 4) is 18.1 Å². The van der Waals surface area contributed by atoms with Gasteiger partial charge in [-0.2, -0.15) is 25.5 Å². The van der Waals surface area contributed by atoms with E-state index in [0.717, 1.165) is 57.2 Å². The van der Waals surface area contributed by atoms with Crippen LogP contribution in [0, 0.1) is 28.6 Å². The Labute approximate surface area is 231 Å². The first-order valence-electron chi connectivity index (χ1n) is 13.9. The molecule has 6 heterocycles. The fraction of sp³-hybridized carbons (Fsp3) is 0.667. The van der Waals surface area contributed by atoms with Crippen molar-refractivity contribution in [3.05, 3.63) is 16.0 Å². The number of halogens is 1. The van der Waals surface area contributed by atoms with Crippen LogP contribution in [0.3, 0.4) is 0 Å². The van der Waals surface area contributed by atoms with Gasteiger partial charge in [0, 0.05) is 49.4 Å². The Hall–Kier alpha value is -3.22. The third-order valence-electron chi connectivity index (χ3n) is 9.46. The number of aryl methyl sites for hydroxylation is 1. The van der Waals surface area contributed by atoms with E-state index in [1.165, 1.54) is 4.88 Å². The molecule has 4 aliphatic heterocycles. The fourth-order valence-corrected chi connectivity index (χ4v) is 8.70. The van der Waals surface area contributed by atoms with Crippen LogP contribution in [-0.2, 0) is 11.8 Å². The number of thiophene rings is 1. The molecule has 0 radical (unpaired) electrons. The van der Waals surface area contributed by atoms with Gasteiger partial charge in [-0.15, -0.1) is 11.3 Å². The lowest BCUT2D eigenvalue weighted by Gasteiger charge is -2.48. The van der Waals surface area contributed by atoms with Crippen molar-refractivity contribution in [3.63, 3.8) is 0 Å². The Bertz CT molecular complexity index is 1380. The lowest BCUT2D eigenvalue weighted by molar-refractivity contribution is 0.107. The van der Waals surface area contributed by atoms with Crippen molar-refractivity contribution in [2.45, 2.75) is 62.1 Å². The number of piperidine rings is 1. The van der Waals surface area contributed by atoms with Crippen LogP contribution in [0.1, 0.15) is 54.5 Å². The molecule has 4 saturated heterocycles. The van der Waals surface area contributed by atoms with Gasteiger partial charge in [0.1, 0.15) is 23.8 Å². The maximum Gasteiger partial charge on any atom is 0.323 e. The lowest BCUT2D eigenvalue weighted by atomic mass is 9.74. The molecule has 1 spiro atoms. The number of anilines is 3. The van der Waals surface area contributed by atoms with Gasteiger partial charge in [0.2, 0.25) is 11.9 Å². The fourth-order valence-electron chi connectivity index (χ4n) is 7.56. The second-order valence-electron chi connectivity index (χ2n) is 11.9. The van der Waals surface area contributed by atoms with Gasteiger partial charge >= 0.3 is 6.01 Å². The number of rotatable bonds is 5. The summed E-state index contributed by atoms with van der Waals surface area (Å²) in [5.74, 6) is 1.01. The largest absolute Gasteiger partial charge is 0.461 e. The van der Waals surface area contributed by atoms with E-state index >= 15 is 0 Å². The molecule has 39 heavy (non-hydrogen) atoms. The van der Waals surface area contributed by atoms with E-state index in [2.05, 4.69) is 31.8 Å². The van der Waals surface area contributed by atoms with Gasteiger partial charge in [-0.3, -0.25) is 4.90 Å². The molecule has 2 aromatic rings. The highest BCUT2D eigenvalue weighted by Gasteiger charge is 2.52. The molecule has 4 fully saturated rings. The molecular formula is C27H32FN9OS. The monoisotopic (exact) mass is 549 g/mol. The highest BCUT2D eigenvalue weighted by atomic mass is 32.1. The molecule has 1 unspecified atom stereocenters. The molecule has 0 aromatic carbocycles. The third kappa shape index (κ3) is 3.99. The first kappa shape index (κ1) is 24.8. The number of hydrogen-bond donors (Lipinski definition) is 1. The van der Waals surface area contributed by atoms with Crippen LogP contribution in [0.5, 0.6) is 6.01 Å². The summed E-state index contributed by atoms with van der Waals surface area (Å²) in [6.45, 7) is 4.48. The van der Waals surface area contributed by atoms with Gasteiger partial charge in [-0.25, -0.2) is 4.39 Å². The summed E-state index contributed by atoms with van der Waals surface area (Å²) in [5, 5.41) is 19.9. The maximum atomic E-state index is 14.3. The normalized spacial score (nSPS) is 29.1. The van der Waals surface area contributed by atoms with Crippen molar-refractivity contribution in [2.24, 2.45) is 5.92 Å². The Kier molecular flexibility index (Phi) is 5.83.